The highest BCUT2D eigenvalue weighted by Gasteiger charge is 2.64. The van der Waals surface area contributed by atoms with Crippen LogP contribution < -0.4 is 25.0 Å². The fraction of sp³-hybridized carbons (Fsp3) is 0.579. The zero-order valence-electron chi connectivity index (χ0n) is 46.4. The first-order valence-corrected chi connectivity index (χ1v) is 28.2. The van der Waals surface area contributed by atoms with E-state index in [1.54, 1.807) is 57.3 Å². The summed E-state index contributed by atoms with van der Waals surface area (Å²) in [6, 6.07) is 7.70. The lowest BCUT2D eigenvalue weighted by molar-refractivity contribution is -0.162. The number of carbonyl (C=O) groups excluding carboxylic acids is 8. The van der Waals surface area contributed by atoms with E-state index in [1.807, 2.05) is 19.1 Å². The van der Waals surface area contributed by atoms with E-state index in [4.69, 9.17) is 40.0 Å². The van der Waals surface area contributed by atoms with E-state index in [1.165, 1.54) is 61.8 Å². The number of likely N-dealkylation sites (tertiary alicyclic amines) is 1. The zero-order chi connectivity index (χ0) is 57.5. The van der Waals surface area contributed by atoms with Crippen molar-refractivity contribution >= 4 is 76.9 Å². The number of aliphatic hydroxyl groups is 1. The highest BCUT2D eigenvalue weighted by Crippen LogP contribution is 2.49. The number of allylic oxidation sites excluding steroid dienone is 3. The summed E-state index contributed by atoms with van der Waals surface area (Å²) in [7, 11) is 7.39. The normalized spacial score (nSPS) is 29.7. The minimum absolute atomic E-state index is 0.00165. The molecule has 2 aromatic rings. The van der Waals surface area contributed by atoms with Crippen LogP contribution in [-0.2, 0) is 60.6 Å². The number of hydrogen-bond acceptors (Lipinski definition) is 16. The van der Waals surface area contributed by atoms with Gasteiger partial charge in [-0.2, -0.15) is 0 Å². The molecule has 2 aromatic carbocycles. The summed E-state index contributed by atoms with van der Waals surface area (Å²) >= 11 is 8.04. The number of likely N-dealkylation sites (N-methyl/N-ethyl adjacent to an activating group) is 1. The van der Waals surface area contributed by atoms with Gasteiger partial charge in [0.05, 0.1) is 43.2 Å². The summed E-state index contributed by atoms with van der Waals surface area (Å²) in [5.41, 5.74) is 0.195. The van der Waals surface area contributed by atoms with Gasteiger partial charge in [0.25, 0.3) is 0 Å². The van der Waals surface area contributed by atoms with Gasteiger partial charge in [-0.1, -0.05) is 48.4 Å². The number of nitrogens with zero attached hydrogens (tertiary/aromatic N) is 3. The Morgan fingerprint density at radius 2 is 1.76 bits per heavy atom. The quantitative estimate of drug-likeness (QED) is 0.0738. The van der Waals surface area contributed by atoms with E-state index in [-0.39, 0.29) is 72.6 Å². The van der Waals surface area contributed by atoms with Crippen LogP contribution in [0.5, 0.6) is 11.5 Å². The Kier molecular flexibility index (Phi) is 20.0. The number of epoxide rings is 1. The molecule has 3 N–H and O–H groups in total. The molecule has 79 heavy (non-hydrogen) atoms. The summed E-state index contributed by atoms with van der Waals surface area (Å²) in [6.07, 6.45) is 4.25. The molecule has 0 radical (unpaired) electrons. The largest absolute Gasteiger partial charge is 0.496 e. The average molecular weight is 1140 g/mol. The molecule has 0 spiro atoms. The fourth-order valence-electron chi connectivity index (χ4n) is 11.0. The van der Waals surface area contributed by atoms with Gasteiger partial charge >= 0.3 is 12.1 Å². The van der Waals surface area contributed by atoms with E-state index >= 15 is 0 Å². The van der Waals surface area contributed by atoms with E-state index in [2.05, 4.69) is 10.6 Å². The Labute approximate surface area is 470 Å². The highest BCUT2D eigenvalue weighted by atomic mass is 35.5. The van der Waals surface area contributed by atoms with Gasteiger partial charge in [-0.15, -0.1) is 11.8 Å². The predicted octanol–water partition coefficient (Wildman–Crippen LogP) is 5.75. The molecule has 1 saturated carbocycles. The van der Waals surface area contributed by atoms with Crippen LogP contribution >= 0.6 is 23.4 Å². The SMILES string of the molecule is COc1cc(CCNC(=O)C2CCC(CN3C(=O)CC(SCCC(=O)N(C)[C@@H](C)C(=O)O[C@H]4CC(=O)N(C)c5cc(cc(OC)c5Cl)C/C(C)=C/C=C/C(OC)C5(O)CC(OC(=O)N5)C(C)C5OC54C)C3=O)CC2)ccc1C=O. The molecule has 7 rings (SSSR count). The molecule has 4 aliphatic heterocycles. The number of amides is 6. The number of imide groups is 1. The molecule has 4 heterocycles. The van der Waals surface area contributed by atoms with Gasteiger partial charge in [0.1, 0.15) is 46.5 Å². The van der Waals surface area contributed by atoms with Gasteiger partial charge in [0.2, 0.25) is 29.5 Å². The second-order valence-corrected chi connectivity index (χ2v) is 23.2. The maximum absolute atomic E-state index is 14.4. The van der Waals surface area contributed by atoms with Gasteiger partial charge in [0.15, 0.2) is 12.0 Å². The van der Waals surface area contributed by atoms with Gasteiger partial charge in [-0.25, -0.2) is 9.59 Å². The number of esters is 1. The molecule has 20 nitrogen and oxygen atoms in total. The molecule has 430 valence electrons. The summed E-state index contributed by atoms with van der Waals surface area (Å²) in [6.45, 7) is 7.55. The highest BCUT2D eigenvalue weighted by molar-refractivity contribution is 8.00. The smallest absolute Gasteiger partial charge is 0.409 e. The third-order valence-corrected chi connectivity index (χ3v) is 17.7. The Balaban J connectivity index is 0.946. The number of nitrogens with one attached hydrogen (secondary N) is 2. The molecule has 9 atom stereocenters. The number of fused-ring (bicyclic) bond motifs is 5. The molecular weight excluding hydrogens is 1060 g/mol. The van der Waals surface area contributed by atoms with Crippen LogP contribution in [0.2, 0.25) is 5.02 Å². The lowest BCUT2D eigenvalue weighted by atomic mass is 9.81. The summed E-state index contributed by atoms with van der Waals surface area (Å²) in [4.78, 5) is 110. The first-order chi connectivity index (χ1) is 37.5. The molecule has 3 saturated heterocycles. The third kappa shape index (κ3) is 14.1. The Morgan fingerprint density at radius 3 is 2.44 bits per heavy atom. The second-order valence-electron chi connectivity index (χ2n) is 21.5. The van der Waals surface area contributed by atoms with Gasteiger partial charge in [-0.3, -0.25) is 39.0 Å². The number of hydrogen-bond donors (Lipinski definition) is 3. The monoisotopic (exact) mass is 1140 g/mol. The second kappa shape index (κ2) is 26.1. The van der Waals surface area contributed by atoms with Crippen molar-refractivity contribution in [1.82, 2.24) is 20.4 Å². The molecule has 22 heteroatoms. The van der Waals surface area contributed by atoms with Crippen molar-refractivity contribution in [1.29, 1.82) is 0 Å². The van der Waals surface area contributed by atoms with Crippen molar-refractivity contribution in [3.05, 3.63) is 75.8 Å². The molecule has 1 aliphatic carbocycles. The van der Waals surface area contributed by atoms with Crippen molar-refractivity contribution in [3.8, 4) is 11.5 Å². The number of rotatable bonds is 17. The van der Waals surface area contributed by atoms with E-state index < -0.39 is 76.8 Å². The van der Waals surface area contributed by atoms with E-state index in [9.17, 15) is 43.5 Å². The van der Waals surface area contributed by atoms with Crippen molar-refractivity contribution in [2.45, 2.75) is 139 Å². The van der Waals surface area contributed by atoms with Crippen LogP contribution in [-0.4, -0.2) is 164 Å². The van der Waals surface area contributed by atoms with Crippen molar-refractivity contribution in [2.24, 2.45) is 17.8 Å². The zero-order valence-corrected chi connectivity index (χ0v) is 47.9. The number of ether oxygens (including phenoxy) is 6. The first-order valence-electron chi connectivity index (χ1n) is 26.7. The summed E-state index contributed by atoms with van der Waals surface area (Å²) < 4.78 is 34.8. The molecule has 6 amide bonds. The number of alkyl carbamates (subject to hydrolysis) is 1. The minimum atomic E-state index is -1.88. The number of benzene rings is 2. The number of halogens is 1. The van der Waals surface area contributed by atoms with Crippen molar-refractivity contribution < 1.29 is 71.9 Å². The van der Waals surface area contributed by atoms with Gasteiger partial charge in [-0.05, 0) is 101 Å². The van der Waals surface area contributed by atoms with E-state index in [0.29, 0.717) is 67.8 Å². The minimum Gasteiger partial charge on any atom is -0.496 e. The first kappa shape index (κ1) is 60.6. The van der Waals surface area contributed by atoms with Crippen LogP contribution in [0.3, 0.4) is 0 Å². The predicted molar refractivity (Wildman–Crippen MR) is 294 cm³/mol. The molecule has 5 aliphatic rings. The fourth-order valence-corrected chi connectivity index (χ4v) is 12.4. The molecule has 4 bridgehead atoms. The number of methoxy groups -OCH3 is 3. The van der Waals surface area contributed by atoms with Crippen molar-refractivity contribution in [3.63, 3.8) is 0 Å². The molecule has 0 aromatic heterocycles. The summed E-state index contributed by atoms with van der Waals surface area (Å²) in [5.74, 6) is -2.07. The Hall–Kier alpha value is -6.00. The van der Waals surface area contributed by atoms with Gasteiger partial charge < -0.3 is 48.6 Å². The standard InChI is InChI=1S/C57H74ClN5O15S/c1-32-11-10-12-45(75-9)57(72)29-43(76-55(71)60-57)33(2)51-56(4,78-51)46(28-48(66)62(6)40-24-37(23-32)26-42(74-8)50(40)58)77-54(70)34(3)61(5)47(65)20-22-79-44-27-49(67)63(53(44)69)30-36-14-16-38(17-15-36)52(68)59-21-19-35-13-18-39(31-64)41(25-35)73-7/h10-13,18,24-26,31,33-34,36,38,43-46,51,72H,14-17,19-23,27-30H2,1-9H3,(H,59,68)(H,60,71)/b12-10+,32-11+/t33?,34-,36?,38?,43?,44?,45?,46-,51?,56?,57?/m0/s1. The Morgan fingerprint density at radius 1 is 1.04 bits per heavy atom. The van der Waals surface area contributed by atoms with Crippen molar-refractivity contribution in [2.75, 3.05) is 59.2 Å². The van der Waals surface area contributed by atoms with Crippen LogP contribution in [0, 0.1) is 17.8 Å². The molecule has 7 unspecified atom stereocenters. The average Bonchev–Trinajstić information content (AvgIpc) is 4.26. The number of anilines is 1. The Bertz CT molecular complexity index is 2720. The molecule has 4 fully saturated rings. The summed E-state index contributed by atoms with van der Waals surface area (Å²) in [5, 5.41) is 16.9. The van der Waals surface area contributed by atoms with Crippen LogP contribution in [0.25, 0.3) is 0 Å². The lowest BCUT2D eigenvalue weighted by Gasteiger charge is -2.42. The van der Waals surface area contributed by atoms with E-state index in [0.717, 1.165) is 23.0 Å². The number of aldehydes is 1. The number of thioether (sulfide) groups is 1. The van der Waals surface area contributed by atoms with Crippen LogP contribution in [0.4, 0.5) is 10.5 Å². The molecular formula is C57H74ClN5O15S. The van der Waals surface area contributed by atoms with Crippen LogP contribution in [0.15, 0.2) is 54.1 Å². The lowest BCUT2D eigenvalue weighted by Crippen LogP contribution is -2.63. The third-order valence-electron chi connectivity index (χ3n) is 16.2. The number of carbonyl (C=O) groups is 8. The topological polar surface area (TPSA) is 249 Å². The van der Waals surface area contributed by atoms with Gasteiger partial charge in [0, 0.05) is 71.1 Å². The van der Waals surface area contributed by atoms with Crippen LogP contribution in [0.1, 0.15) is 101 Å². The maximum Gasteiger partial charge on any atom is 0.409 e. The maximum atomic E-state index is 14.4.